The van der Waals surface area contributed by atoms with E-state index in [-0.39, 0.29) is 5.56 Å². The fourth-order valence-corrected chi connectivity index (χ4v) is 1.67. The van der Waals surface area contributed by atoms with E-state index in [0.717, 1.165) is 6.07 Å². The maximum absolute atomic E-state index is 13.5. The SMILES string of the molecule is CC(NC(=O)OC(C)(C)C)c1cc(F)cc(F)c1[N+](=O)[O-]. The number of benzene rings is 1. The summed E-state index contributed by atoms with van der Waals surface area (Å²) in [7, 11) is 0. The summed E-state index contributed by atoms with van der Waals surface area (Å²) in [6.45, 7) is 6.29. The van der Waals surface area contributed by atoms with E-state index >= 15 is 0 Å². The second-order valence-corrected chi connectivity index (χ2v) is 5.45. The molecular weight excluding hydrogens is 286 g/mol. The molecule has 0 aliphatic rings. The highest BCUT2D eigenvalue weighted by Gasteiger charge is 2.27. The van der Waals surface area contributed by atoms with Crippen molar-refractivity contribution in [1.82, 2.24) is 5.32 Å². The second-order valence-electron chi connectivity index (χ2n) is 5.45. The lowest BCUT2D eigenvalue weighted by Gasteiger charge is -2.22. The van der Waals surface area contributed by atoms with Gasteiger partial charge in [0.15, 0.2) is 0 Å². The van der Waals surface area contributed by atoms with Crippen molar-refractivity contribution in [2.45, 2.75) is 39.3 Å². The lowest BCUT2D eigenvalue weighted by atomic mass is 10.1. The Kier molecular flexibility index (Phi) is 4.82. The fraction of sp³-hybridized carbons (Fsp3) is 0.462. The van der Waals surface area contributed by atoms with Gasteiger partial charge >= 0.3 is 11.8 Å². The molecule has 0 bridgehead atoms. The first kappa shape index (κ1) is 16.8. The average molecular weight is 302 g/mol. The quantitative estimate of drug-likeness (QED) is 0.684. The number of nitrogens with zero attached hydrogens (tertiary/aromatic N) is 1. The first-order chi connectivity index (χ1) is 9.51. The number of alkyl carbamates (subject to hydrolysis) is 1. The Morgan fingerprint density at radius 3 is 2.43 bits per heavy atom. The minimum Gasteiger partial charge on any atom is -0.444 e. The van der Waals surface area contributed by atoms with Crippen LogP contribution < -0.4 is 5.32 Å². The van der Waals surface area contributed by atoms with Crippen LogP contribution in [0.15, 0.2) is 12.1 Å². The Bertz CT molecular complexity index is 570. The van der Waals surface area contributed by atoms with Crippen LogP contribution in [0.1, 0.15) is 39.3 Å². The van der Waals surface area contributed by atoms with Gasteiger partial charge in [-0.3, -0.25) is 10.1 Å². The lowest BCUT2D eigenvalue weighted by Crippen LogP contribution is -2.34. The molecule has 1 atom stereocenters. The summed E-state index contributed by atoms with van der Waals surface area (Å²) in [5, 5.41) is 13.2. The van der Waals surface area contributed by atoms with Crippen LogP contribution in [-0.2, 0) is 4.74 Å². The van der Waals surface area contributed by atoms with Crippen molar-refractivity contribution in [3.8, 4) is 0 Å². The van der Waals surface area contributed by atoms with Crippen LogP contribution in [0.4, 0.5) is 19.3 Å². The number of rotatable bonds is 3. The third-order valence-corrected chi connectivity index (χ3v) is 2.44. The Morgan fingerprint density at radius 1 is 1.38 bits per heavy atom. The van der Waals surface area contributed by atoms with E-state index in [1.54, 1.807) is 20.8 Å². The van der Waals surface area contributed by atoms with Crippen molar-refractivity contribution >= 4 is 11.8 Å². The minimum absolute atomic E-state index is 0.275. The van der Waals surface area contributed by atoms with Gasteiger partial charge in [-0.25, -0.2) is 9.18 Å². The van der Waals surface area contributed by atoms with Crippen molar-refractivity contribution < 1.29 is 23.2 Å². The summed E-state index contributed by atoms with van der Waals surface area (Å²) >= 11 is 0. The standard InChI is InChI=1S/C13H16F2N2O4/c1-7(16-12(18)21-13(2,3)4)9-5-8(14)6-10(15)11(9)17(19)20/h5-7H,1-4H3,(H,16,18). The number of nitrogens with one attached hydrogen (secondary N) is 1. The molecule has 0 heterocycles. The zero-order valence-electron chi connectivity index (χ0n) is 12.1. The molecule has 1 aromatic carbocycles. The largest absolute Gasteiger partial charge is 0.444 e. The predicted octanol–water partition coefficient (Wildman–Crippen LogP) is 3.46. The molecule has 1 N–H and O–H groups in total. The summed E-state index contributed by atoms with van der Waals surface area (Å²) in [6, 6.07) is 0.232. The highest BCUT2D eigenvalue weighted by Crippen LogP contribution is 2.29. The lowest BCUT2D eigenvalue weighted by molar-refractivity contribution is -0.388. The van der Waals surface area contributed by atoms with Crippen LogP contribution in [-0.4, -0.2) is 16.6 Å². The van der Waals surface area contributed by atoms with E-state index in [2.05, 4.69) is 5.32 Å². The molecule has 0 saturated carbocycles. The number of ether oxygens (including phenoxy) is 1. The van der Waals surface area contributed by atoms with E-state index in [1.807, 2.05) is 0 Å². The van der Waals surface area contributed by atoms with E-state index in [0.29, 0.717) is 6.07 Å². The van der Waals surface area contributed by atoms with Crippen LogP contribution in [0.2, 0.25) is 0 Å². The number of carbonyl (C=O) groups excluding carboxylic acids is 1. The predicted molar refractivity (Wildman–Crippen MR) is 70.8 cm³/mol. The number of halogens is 2. The Balaban J connectivity index is 3.05. The zero-order chi connectivity index (χ0) is 16.4. The van der Waals surface area contributed by atoms with Gasteiger partial charge < -0.3 is 10.1 Å². The molecule has 0 aliphatic heterocycles. The second kappa shape index (κ2) is 6.02. The third kappa shape index (κ3) is 4.66. The van der Waals surface area contributed by atoms with Crippen LogP contribution >= 0.6 is 0 Å². The van der Waals surface area contributed by atoms with Gasteiger partial charge in [0.2, 0.25) is 5.82 Å². The molecule has 1 rings (SSSR count). The third-order valence-electron chi connectivity index (χ3n) is 2.44. The Labute approximate surface area is 120 Å². The number of nitro benzene ring substituents is 1. The molecule has 1 amide bonds. The molecule has 0 fully saturated rings. The van der Waals surface area contributed by atoms with Crippen molar-refractivity contribution in [1.29, 1.82) is 0 Å². The minimum atomic E-state index is -1.30. The number of hydrogen-bond acceptors (Lipinski definition) is 4. The van der Waals surface area contributed by atoms with Gasteiger partial charge in [0.05, 0.1) is 16.5 Å². The average Bonchev–Trinajstić information content (AvgIpc) is 2.23. The van der Waals surface area contributed by atoms with E-state index in [4.69, 9.17) is 4.74 Å². The van der Waals surface area contributed by atoms with Gasteiger partial charge in [-0.1, -0.05) is 0 Å². The molecule has 0 aliphatic carbocycles. The van der Waals surface area contributed by atoms with Crippen LogP contribution in [0, 0.1) is 21.7 Å². The summed E-state index contributed by atoms with van der Waals surface area (Å²) in [5.74, 6) is -2.27. The monoisotopic (exact) mass is 302 g/mol. The van der Waals surface area contributed by atoms with Gasteiger partial charge in [-0.15, -0.1) is 0 Å². The van der Waals surface area contributed by atoms with Crippen LogP contribution in [0.3, 0.4) is 0 Å². The zero-order valence-corrected chi connectivity index (χ0v) is 12.1. The number of hydrogen-bond donors (Lipinski definition) is 1. The summed E-state index contributed by atoms with van der Waals surface area (Å²) < 4.78 is 31.7. The fourth-order valence-electron chi connectivity index (χ4n) is 1.67. The molecule has 6 nitrogen and oxygen atoms in total. The van der Waals surface area contributed by atoms with Crippen molar-refractivity contribution in [2.24, 2.45) is 0 Å². The topological polar surface area (TPSA) is 81.5 Å². The summed E-state index contributed by atoms with van der Waals surface area (Å²) in [5.41, 5.74) is -1.91. The molecule has 1 unspecified atom stereocenters. The molecule has 0 radical (unpaired) electrons. The molecule has 21 heavy (non-hydrogen) atoms. The Morgan fingerprint density at radius 2 is 1.95 bits per heavy atom. The van der Waals surface area contributed by atoms with E-state index < -0.39 is 40.0 Å². The molecule has 116 valence electrons. The molecule has 0 saturated heterocycles. The summed E-state index contributed by atoms with van der Waals surface area (Å²) in [4.78, 5) is 21.5. The van der Waals surface area contributed by atoms with Crippen molar-refractivity contribution in [3.63, 3.8) is 0 Å². The molecular formula is C13H16F2N2O4. The molecule has 1 aromatic rings. The summed E-state index contributed by atoms with van der Waals surface area (Å²) in [6.07, 6.45) is -0.839. The first-order valence-electron chi connectivity index (χ1n) is 6.14. The van der Waals surface area contributed by atoms with Crippen molar-refractivity contribution in [2.75, 3.05) is 0 Å². The van der Waals surface area contributed by atoms with Gasteiger partial charge in [-0.05, 0) is 33.8 Å². The van der Waals surface area contributed by atoms with Gasteiger partial charge in [0.1, 0.15) is 11.4 Å². The highest BCUT2D eigenvalue weighted by molar-refractivity contribution is 5.68. The van der Waals surface area contributed by atoms with Gasteiger partial charge in [0, 0.05) is 6.07 Å². The van der Waals surface area contributed by atoms with Crippen molar-refractivity contribution in [3.05, 3.63) is 39.4 Å². The molecule has 0 aromatic heterocycles. The Hall–Kier alpha value is -2.25. The molecule has 0 spiro atoms. The van der Waals surface area contributed by atoms with Gasteiger partial charge in [-0.2, -0.15) is 4.39 Å². The highest BCUT2D eigenvalue weighted by atomic mass is 19.1. The van der Waals surface area contributed by atoms with E-state index in [1.165, 1.54) is 6.92 Å². The number of amides is 1. The number of nitro groups is 1. The maximum Gasteiger partial charge on any atom is 0.408 e. The smallest absolute Gasteiger partial charge is 0.408 e. The molecule has 8 heteroatoms. The van der Waals surface area contributed by atoms with E-state index in [9.17, 15) is 23.7 Å². The first-order valence-corrected chi connectivity index (χ1v) is 6.14. The maximum atomic E-state index is 13.5. The normalized spacial score (nSPS) is 12.7. The number of carbonyl (C=O) groups is 1. The van der Waals surface area contributed by atoms with Crippen LogP contribution in [0.5, 0.6) is 0 Å². The van der Waals surface area contributed by atoms with Crippen LogP contribution in [0.25, 0.3) is 0 Å². The van der Waals surface area contributed by atoms with Gasteiger partial charge in [0.25, 0.3) is 0 Å².